The number of hydrogen-bond acceptors (Lipinski definition) is 3. The van der Waals surface area contributed by atoms with Crippen molar-refractivity contribution in [1.29, 1.82) is 0 Å². The average Bonchev–Trinajstić information content (AvgIpc) is 2.94. The third-order valence-electron chi connectivity index (χ3n) is 3.85. The predicted octanol–water partition coefficient (Wildman–Crippen LogP) is 3.75. The van der Waals surface area contributed by atoms with Gasteiger partial charge in [-0.1, -0.05) is 13.3 Å². The van der Waals surface area contributed by atoms with Crippen molar-refractivity contribution in [1.82, 2.24) is 4.90 Å². The second-order valence-electron chi connectivity index (χ2n) is 4.89. The number of furan rings is 1. The predicted molar refractivity (Wildman–Crippen MR) is 80.4 cm³/mol. The fourth-order valence-electron chi connectivity index (χ4n) is 2.91. The molecular formula is C13H20Br2N2O. The molecule has 1 aromatic heterocycles. The Labute approximate surface area is 125 Å². The number of halogens is 2. The SMILES string of the molecule is CCN(Cc1cc(Br)c(Br)o1)C1CCCC1CN. The molecule has 2 rings (SSSR count). The maximum Gasteiger partial charge on any atom is 0.183 e. The first kappa shape index (κ1) is 14.6. The van der Waals surface area contributed by atoms with E-state index >= 15 is 0 Å². The topological polar surface area (TPSA) is 42.4 Å². The Morgan fingerprint density at radius 3 is 2.78 bits per heavy atom. The van der Waals surface area contributed by atoms with Gasteiger partial charge < -0.3 is 10.2 Å². The molecule has 1 aliphatic rings. The maximum absolute atomic E-state index is 5.87. The van der Waals surface area contributed by atoms with Crippen LogP contribution in [0.1, 0.15) is 31.9 Å². The summed E-state index contributed by atoms with van der Waals surface area (Å²) in [5.74, 6) is 1.64. The normalized spacial score (nSPS) is 24.1. The first-order valence-electron chi connectivity index (χ1n) is 6.53. The van der Waals surface area contributed by atoms with Gasteiger partial charge >= 0.3 is 0 Å². The molecule has 1 aliphatic carbocycles. The smallest absolute Gasteiger partial charge is 0.183 e. The highest BCUT2D eigenvalue weighted by atomic mass is 79.9. The van der Waals surface area contributed by atoms with Gasteiger partial charge in [-0.15, -0.1) is 0 Å². The second-order valence-corrected chi connectivity index (χ2v) is 6.47. The van der Waals surface area contributed by atoms with Crippen molar-refractivity contribution in [3.8, 4) is 0 Å². The molecule has 18 heavy (non-hydrogen) atoms. The summed E-state index contributed by atoms with van der Waals surface area (Å²) in [6.07, 6.45) is 3.83. The van der Waals surface area contributed by atoms with Gasteiger partial charge in [0.05, 0.1) is 11.0 Å². The zero-order valence-electron chi connectivity index (χ0n) is 10.7. The van der Waals surface area contributed by atoms with Gasteiger partial charge in [-0.3, -0.25) is 4.90 Å². The number of rotatable bonds is 5. The minimum Gasteiger partial charge on any atom is -0.452 e. The molecule has 1 heterocycles. The molecule has 0 aromatic carbocycles. The Morgan fingerprint density at radius 1 is 1.44 bits per heavy atom. The molecule has 0 amide bonds. The molecule has 1 fully saturated rings. The van der Waals surface area contributed by atoms with Gasteiger partial charge in [-0.25, -0.2) is 0 Å². The fraction of sp³-hybridized carbons (Fsp3) is 0.692. The van der Waals surface area contributed by atoms with Gasteiger partial charge in [0.2, 0.25) is 0 Å². The van der Waals surface area contributed by atoms with Crippen molar-refractivity contribution in [2.24, 2.45) is 11.7 Å². The van der Waals surface area contributed by atoms with Gasteiger partial charge in [0, 0.05) is 6.04 Å². The molecule has 5 heteroatoms. The first-order chi connectivity index (χ1) is 8.65. The molecule has 1 saturated carbocycles. The lowest BCUT2D eigenvalue weighted by Gasteiger charge is -2.30. The van der Waals surface area contributed by atoms with Gasteiger partial charge in [0.25, 0.3) is 0 Å². The highest BCUT2D eigenvalue weighted by molar-refractivity contribution is 9.13. The molecule has 1 aromatic rings. The molecule has 3 nitrogen and oxygen atoms in total. The highest BCUT2D eigenvalue weighted by Gasteiger charge is 2.30. The molecule has 0 spiro atoms. The van der Waals surface area contributed by atoms with E-state index in [1.807, 2.05) is 6.07 Å². The van der Waals surface area contributed by atoms with Gasteiger partial charge in [-0.2, -0.15) is 0 Å². The summed E-state index contributed by atoms with van der Waals surface area (Å²) >= 11 is 6.84. The van der Waals surface area contributed by atoms with E-state index < -0.39 is 0 Å². The van der Waals surface area contributed by atoms with Crippen LogP contribution in [0.5, 0.6) is 0 Å². The van der Waals surface area contributed by atoms with Crippen molar-refractivity contribution in [3.63, 3.8) is 0 Å². The molecule has 2 atom stereocenters. The van der Waals surface area contributed by atoms with Crippen molar-refractivity contribution < 1.29 is 4.42 Å². The fourth-order valence-corrected chi connectivity index (χ4v) is 3.56. The van der Waals surface area contributed by atoms with Gasteiger partial charge in [0.15, 0.2) is 4.67 Å². The van der Waals surface area contributed by atoms with E-state index in [1.165, 1.54) is 19.3 Å². The summed E-state index contributed by atoms with van der Waals surface area (Å²) in [5.41, 5.74) is 5.87. The van der Waals surface area contributed by atoms with E-state index in [0.29, 0.717) is 12.0 Å². The van der Waals surface area contributed by atoms with Crippen LogP contribution in [0.2, 0.25) is 0 Å². The lowest BCUT2D eigenvalue weighted by atomic mass is 10.0. The van der Waals surface area contributed by atoms with Crippen LogP contribution in [0.3, 0.4) is 0 Å². The third kappa shape index (κ3) is 3.18. The van der Waals surface area contributed by atoms with Crippen LogP contribution < -0.4 is 5.73 Å². The highest BCUT2D eigenvalue weighted by Crippen LogP contribution is 2.32. The second kappa shape index (κ2) is 6.55. The standard InChI is InChI=1S/C13H20Br2N2O/c1-2-17(12-5-3-4-9(12)7-16)8-10-6-11(14)13(15)18-10/h6,9,12H,2-5,7-8,16H2,1H3. The molecule has 2 unspecified atom stereocenters. The summed E-state index contributed by atoms with van der Waals surface area (Å²) in [4.78, 5) is 2.49. The van der Waals surface area contributed by atoms with E-state index in [0.717, 1.165) is 34.5 Å². The maximum atomic E-state index is 5.87. The third-order valence-corrected chi connectivity index (χ3v) is 5.56. The Hall–Kier alpha value is 0.160. The number of nitrogens with two attached hydrogens (primary N) is 1. The summed E-state index contributed by atoms with van der Waals surface area (Å²) < 4.78 is 7.43. The zero-order valence-corrected chi connectivity index (χ0v) is 13.8. The monoisotopic (exact) mass is 378 g/mol. The zero-order chi connectivity index (χ0) is 13.1. The largest absolute Gasteiger partial charge is 0.452 e. The van der Waals surface area contributed by atoms with E-state index in [4.69, 9.17) is 10.2 Å². The van der Waals surface area contributed by atoms with Crippen LogP contribution >= 0.6 is 31.9 Å². The Bertz CT molecular complexity index is 375. The van der Waals surface area contributed by atoms with Crippen LogP contribution in [-0.2, 0) is 6.54 Å². The quantitative estimate of drug-likeness (QED) is 0.846. The van der Waals surface area contributed by atoms with Crippen molar-refractivity contribution in [2.75, 3.05) is 13.1 Å². The van der Waals surface area contributed by atoms with Crippen molar-refractivity contribution >= 4 is 31.9 Å². The van der Waals surface area contributed by atoms with Crippen LogP contribution in [0, 0.1) is 5.92 Å². The minimum atomic E-state index is 0.614. The molecule has 102 valence electrons. The molecule has 0 aliphatic heterocycles. The van der Waals surface area contributed by atoms with E-state index in [9.17, 15) is 0 Å². The average molecular weight is 380 g/mol. The lowest BCUT2D eigenvalue weighted by Crippen LogP contribution is -2.39. The van der Waals surface area contributed by atoms with Crippen molar-refractivity contribution in [2.45, 2.75) is 38.8 Å². The van der Waals surface area contributed by atoms with Crippen LogP contribution in [0.15, 0.2) is 19.6 Å². The van der Waals surface area contributed by atoms with Crippen LogP contribution in [0.25, 0.3) is 0 Å². The van der Waals surface area contributed by atoms with E-state index in [1.54, 1.807) is 0 Å². The van der Waals surface area contributed by atoms with Crippen LogP contribution in [-0.4, -0.2) is 24.0 Å². The van der Waals surface area contributed by atoms with Crippen molar-refractivity contribution in [3.05, 3.63) is 21.0 Å². The molecule has 2 N–H and O–H groups in total. The lowest BCUT2D eigenvalue weighted by molar-refractivity contribution is 0.150. The number of nitrogens with zero attached hydrogens (tertiary/aromatic N) is 1. The summed E-state index contributed by atoms with van der Waals surface area (Å²) in [6.45, 7) is 4.91. The van der Waals surface area contributed by atoms with Crippen LogP contribution in [0.4, 0.5) is 0 Å². The summed E-state index contributed by atoms with van der Waals surface area (Å²) in [6, 6.07) is 2.65. The first-order valence-corrected chi connectivity index (χ1v) is 8.12. The Balaban J connectivity index is 2.04. The molecule has 0 bridgehead atoms. The molecular weight excluding hydrogens is 360 g/mol. The Kier molecular flexibility index (Phi) is 5.30. The Morgan fingerprint density at radius 2 is 2.22 bits per heavy atom. The van der Waals surface area contributed by atoms with E-state index in [-0.39, 0.29) is 0 Å². The molecule has 0 saturated heterocycles. The minimum absolute atomic E-state index is 0.614. The van der Waals surface area contributed by atoms with Gasteiger partial charge in [0.1, 0.15) is 5.76 Å². The number of hydrogen-bond donors (Lipinski definition) is 1. The van der Waals surface area contributed by atoms with E-state index in [2.05, 4.69) is 43.7 Å². The summed E-state index contributed by atoms with van der Waals surface area (Å²) in [5, 5.41) is 0. The summed E-state index contributed by atoms with van der Waals surface area (Å²) in [7, 11) is 0. The van der Waals surface area contributed by atoms with Gasteiger partial charge in [-0.05, 0) is 69.8 Å². The molecule has 0 radical (unpaired) electrons.